The van der Waals surface area contributed by atoms with Crippen LogP contribution in [-0.4, -0.2) is 23.8 Å². The summed E-state index contributed by atoms with van der Waals surface area (Å²) in [6.45, 7) is 12.1. The highest BCUT2D eigenvalue weighted by molar-refractivity contribution is 7.14. The van der Waals surface area contributed by atoms with Gasteiger partial charge < -0.3 is 9.84 Å². The van der Waals surface area contributed by atoms with Gasteiger partial charge in [0, 0.05) is 15.9 Å². The first-order valence-corrected chi connectivity index (χ1v) is 11.0. The van der Waals surface area contributed by atoms with Gasteiger partial charge in [0.2, 0.25) is 0 Å². The standard InChI is InChI=1S/C25H32O3S/c1-8-24(6,27)14-13-19-11-12-20(15-17(19)4)25(9-2,10-3)21-16-18(5)22(29-21)23(26)28-7/h11-12,15-16,27H,8-10H2,1-7H3. The minimum atomic E-state index is -0.972. The van der Waals surface area contributed by atoms with Gasteiger partial charge >= 0.3 is 5.97 Å². The van der Waals surface area contributed by atoms with E-state index in [1.54, 1.807) is 6.92 Å². The minimum Gasteiger partial charge on any atom is -0.465 e. The van der Waals surface area contributed by atoms with Crippen LogP contribution in [0.4, 0.5) is 0 Å². The smallest absolute Gasteiger partial charge is 0.348 e. The second-order valence-corrected chi connectivity index (χ2v) is 8.86. The average Bonchev–Trinajstić information content (AvgIpc) is 3.10. The number of esters is 1. The Morgan fingerprint density at radius 1 is 1.10 bits per heavy atom. The van der Waals surface area contributed by atoms with Gasteiger partial charge in [0.25, 0.3) is 0 Å². The molecule has 1 unspecified atom stereocenters. The molecule has 0 radical (unpaired) electrons. The molecule has 0 aliphatic carbocycles. The van der Waals surface area contributed by atoms with E-state index in [-0.39, 0.29) is 11.4 Å². The Morgan fingerprint density at radius 2 is 1.76 bits per heavy atom. The number of aryl methyl sites for hydroxylation is 2. The van der Waals surface area contributed by atoms with Gasteiger partial charge in [-0.05, 0) is 68.9 Å². The lowest BCUT2D eigenvalue weighted by Crippen LogP contribution is -2.25. The largest absolute Gasteiger partial charge is 0.465 e. The lowest BCUT2D eigenvalue weighted by atomic mass is 9.74. The van der Waals surface area contributed by atoms with E-state index in [4.69, 9.17) is 4.74 Å². The first-order valence-electron chi connectivity index (χ1n) is 10.2. The van der Waals surface area contributed by atoms with Crippen molar-refractivity contribution in [2.45, 2.75) is 71.8 Å². The molecule has 3 nitrogen and oxygen atoms in total. The first kappa shape index (κ1) is 23.2. The maximum Gasteiger partial charge on any atom is 0.348 e. The molecule has 0 amide bonds. The van der Waals surface area contributed by atoms with E-state index < -0.39 is 5.60 Å². The Balaban J connectivity index is 2.54. The quantitative estimate of drug-likeness (QED) is 0.484. The third-order valence-corrected chi connectivity index (χ3v) is 7.32. The Hall–Kier alpha value is -2.09. The van der Waals surface area contributed by atoms with Gasteiger partial charge in [-0.2, -0.15) is 0 Å². The van der Waals surface area contributed by atoms with Gasteiger partial charge in [0.05, 0.1) is 7.11 Å². The highest BCUT2D eigenvalue weighted by Gasteiger charge is 2.34. The van der Waals surface area contributed by atoms with Gasteiger partial charge in [-0.1, -0.05) is 44.7 Å². The number of hydrogen-bond donors (Lipinski definition) is 1. The Kier molecular flexibility index (Phi) is 7.32. The lowest BCUT2D eigenvalue weighted by molar-refractivity contribution is 0.0605. The van der Waals surface area contributed by atoms with E-state index in [9.17, 15) is 9.90 Å². The van der Waals surface area contributed by atoms with Crippen LogP contribution in [0, 0.1) is 25.7 Å². The van der Waals surface area contributed by atoms with Crippen LogP contribution in [0.25, 0.3) is 0 Å². The van der Waals surface area contributed by atoms with E-state index in [0.717, 1.165) is 29.5 Å². The van der Waals surface area contributed by atoms with Crippen LogP contribution in [0.15, 0.2) is 24.3 Å². The highest BCUT2D eigenvalue weighted by Crippen LogP contribution is 2.43. The molecule has 0 aliphatic heterocycles. The number of methoxy groups -OCH3 is 1. The molecule has 1 heterocycles. The molecule has 0 fully saturated rings. The van der Waals surface area contributed by atoms with Crippen molar-refractivity contribution >= 4 is 17.3 Å². The van der Waals surface area contributed by atoms with Crippen LogP contribution in [0.1, 0.15) is 83.8 Å². The van der Waals surface area contributed by atoms with Crippen molar-refractivity contribution in [1.29, 1.82) is 0 Å². The summed E-state index contributed by atoms with van der Waals surface area (Å²) >= 11 is 1.53. The van der Waals surface area contributed by atoms with Crippen molar-refractivity contribution in [1.82, 2.24) is 0 Å². The zero-order chi connectivity index (χ0) is 21.8. The maximum atomic E-state index is 12.1. The third kappa shape index (κ3) is 4.74. The Morgan fingerprint density at radius 3 is 2.28 bits per heavy atom. The van der Waals surface area contributed by atoms with Gasteiger partial charge in [-0.25, -0.2) is 4.79 Å². The van der Waals surface area contributed by atoms with E-state index >= 15 is 0 Å². The maximum absolute atomic E-state index is 12.1. The van der Waals surface area contributed by atoms with Crippen LogP contribution in [-0.2, 0) is 10.2 Å². The van der Waals surface area contributed by atoms with E-state index in [1.165, 1.54) is 28.9 Å². The van der Waals surface area contributed by atoms with Crippen molar-refractivity contribution in [3.05, 3.63) is 56.3 Å². The second kappa shape index (κ2) is 9.15. The average molecular weight is 413 g/mol. The normalized spacial score (nSPS) is 13.4. The van der Waals surface area contributed by atoms with E-state index in [1.807, 2.05) is 19.9 Å². The van der Waals surface area contributed by atoms with Crippen molar-refractivity contribution in [3.8, 4) is 11.8 Å². The summed E-state index contributed by atoms with van der Waals surface area (Å²) < 4.78 is 4.95. The summed E-state index contributed by atoms with van der Waals surface area (Å²) in [6, 6.07) is 8.51. The van der Waals surface area contributed by atoms with Crippen LogP contribution in [0.5, 0.6) is 0 Å². The van der Waals surface area contributed by atoms with Crippen LogP contribution in [0.2, 0.25) is 0 Å². The fraction of sp³-hybridized carbons (Fsp3) is 0.480. The van der Waals surface area contributed by atoms with Crippen LogP contribution < -0.4 is 0 Å². The molecule has 4 heteroatoms. The number of hydrogen-bond acceptors (Lipinski definition) is 4. The number of aliphatic hydroxyl groups is 1. The van der Waals surface area contributed by atoms with Crippen molar-refractivity contribution in [3.63, 3.8) is 0 Å². The summed E-state index contributed by atoms with van der Waals surface area (Å²) in [7, 11) is 1.42. The summed E-state index contributed by atoms with van der Waals surface area (Å²) in [5.41, 5.74) is 3.08. The minimum absolute atomic E-state index is 0.159. The SMILES string of the molecule is CCC(C)(O)C#Cc1ccc(C(CC)(CC)c2cc(C)c(C(=O)OC)s2)cc1C. The van der Waals surface area contributed by atoms with Crippen molar-refractivity contribution in [2.24, 2.45) is 0 Å². The predicted octanol–water partition coefficient (Wildman–Crippen LogP) is 5.77. The number of rotatable bonds is 6. The number of carbonyl (C=O) groups is 1. The molecule has 0 spiro atoms. The molecule has 2 rings (SSSR count). The molecule has 2 aromatic rings. The summed E-state index contributed by atoms with van der Waals surface area (Å²) in [6.07, 6.45) is 2.45. The molecule has 1 atom stereocenters. The molecular weight excluding hydrogens is 380 g/mol. The molecule has 0 saturated heterocycles. The van der Waals surface area contributed by atoms with Crippen LogP contribution >= 0.6 is 11.3 Å². The van der Waals surface area contributed by atoms with Gasteiger partial charge in [0.15, 0.2) is 0 Å². The number of carbonyl (C=O) groups excluding carboxylic acids is 1. The molecule has 29 heavy (non-hydrogen) atoms. The monoisotopic (exact) mass is 412 g/mol. The summed E-state index contributed by atoms with van der Waals surface area (Å²) in [5.74, 6) is 5.83. The van der Waals surface area contributed by atoms with E-state index in [2.05, 4.69) is 50.8 Å². The molecule has 156 valence electrons. The number of ether oxygens (including phenoxy) is 1. The molecule has 0 bridgehead atoms. The topological polar surface area (TPSA) is 46.5 Å². The second-order valence-electron chi connectivity index (χ2n) is 7.81. The highest BCUT2D eigenvalue weighted by atomic mass is 32.1. The van der Waals surface area contributed by atoms with Gasteiger partial charge in [-0.15, -0.1) is 11.3 Å². The van der Waals surface area contributed by atoms with Crippen molar-refractivity contribution < 1.29 is 14.6 Å². The molecular formula is C25H32O3S. The fourth-order valence-corrected chi connectivity index (χ4v) is 5.00. The number of thiophene rings is 1. The first-order chi connectivity index (χ1) is 13.6. The zero-order valence-corrected chi connectivity index (χ0v) is 19.4. The molecule has 1 N–H and O–H groups in total. The molecule has 0 aliphatic rings. The lowest BCUT2D eigenvalue weighted by Gasteiger charge is -2.32. The van der Waals surface area contributed by atoms with Gasteiger partial charge in [-0.3, -0.25) is 0 Å². The fourth-order valence-electron chi connectivity index (χ4n) is 3.55. The van der Waals surface area contributed by atoms with Crippen molar-refractivity contribution in [2.75, 3.05) is 7.11 Å². The van der Waals surface area contributed by atoms with Gasteiger partial charge in [0.1, 0.15) is 10.5 Å². The summed E-state index contributed by atoms with van der Waals surface area (Å²) in [5, 5.41) is 10.2. The molecule has 1 aromatic carbocycles. The molecule has 1 aromatic heterocycles. The Labute approximate surface area is 179 Å². The molecule has 0 saturated carbocycles. The van der Waals surface area contributed by atoms with Crippen LogP contribution in [0.3, 0.4) is 0 Å². The van der Waals surface area contributed by atoms with E-state index in [0.29, 0.717) is 11.3 Å². The predicted molar refractivity (Wildman–Crippen MR) is 121 cm³/mol. The zero-order valence-electron chi connectivity index (χ0n) is 18.6. The number of benzene rings is 1. The Bertz CT molecular complexity index is 937. The third-order valence-electron chi connectivity index (χ3n) is 5.90. The summed E-state index contributed by atoms with van der Waals surface area (Å²) in [4.78, 5) is 14.0.